The second-order valence-corrected chi connectivity index (χ2v) is 6.87. The lowest BCUT2D eigenvalue weighted by atomic mass is 9.86. The zero-order valence-electron chi connectivity index (χ0n) is 14.5. The van der Waals surface area contributed by atoms with Gasteiger partial charge < -0.3 is 10.5 Å². The van der Waals surface area contributed by atoms with Gasteiger partial charge in [0.2, 0.25) is 0 Å². The molecule has 0 radical (unpaired) electrons. The first-order valence-electron chi connectivity index (χ1n) is 9.70. The maximum atomic E-state index is 6.08. The molecule has 0 bridgehead atoms. The van der Waals surface area contributed by atoms with Crippen LogP contribution in [0.4, 0.5) is 0 Å². The number of rotatable bonds is 13. The van der Waals surface area contributed by atoms with Crippen molar-refractivity contribution in [1.29, 1.82) is 0 Å². The standard InChI is InChI=1S/C19H39NO/c1-2-3-4-5-6-7-8-9-10-13-16-21-19-15-12-11-14-18(19)17-20/h18-19H,2-17,20H2,1H3. The molecule has 1 aliphatic carbocycles. The van der Waals surface area contributed by atoms with Crippen LogP contribution in [0.1, 0.15) is 96.8 Å². The Labute approximate surface area is 133 Å². The topological polar surface area (TPSA) is 35.2 Å². The summed E-state index contributed by atoms with van der Waals surface area (Å²) in [5, 5.41) is 0. The second kappa shape index (κ2) is 13.6. The molecule has 0 saturated heterocycles. The molecule has 1 aliphatic rings. The Bertz CT molecular complexity index is 220. The zero-order valence-corrected chi connectivity index (χ0v) is 14.5. The van der Waals surface area contributed by atoms with Crippen LogP contribution in [0, 0.1) is 5.92 Å². The van der Waals surface area contributed by atoms with Crippen LogP contribution in [0.25, 0.3) is 0 Å². The lowest BCUT2D eigenvalue weighted by molar-refractivity contribution is -0.00949. The van der Waals surface area contributed by atoms with Crippen LogP contribution < -0.4 is 5.73 Å². The molecule has 0 aromatic heterocycles. The molecule has 1 rings (SSSR count). The van der Waals surface area contributed by atoms with Crippen molar-refractivity contribution in [3.8, 4) is 0 Å². The number of nitrogens with two attached hydrogens (primary N) is 1. The Hall–Kier alpha value is -0.0800. The third-order valence-electron chi connectivity index (χ3n) is 4.97. The van der Waals surface area contributed by atoms with Gasteiger partial charge in [0.1, 0.15) is 0 Å². The zero-order chi connectivity index (χ0) is 15.2. The van der Waals surface area contributed by atoms with Crippen LogP contribution in [0.3, 0.4) is 0 Å². The predicted molar refractivity (Wildman–Crippen MR) is 92.6 cm³/mol. The van der Waals surface area contributed by atoms with Gasteiger partial charge in [-0.25, -0.2) is 0 Å². The maximum Gasteiger partial charge on any atom is 0.0615 e. The van der Waals surface area contributed by atoms with Crippen molar-refractivity contribution in [3.05, 3.63) is 0 Å². The average molecular weight is 298 g/mol. The number of hydrogen-bond donors (Lipinski definition) is 1. The molecule has 2 nitrogen and oxygen atoms in total. The summed E-state index contributed by atoms with van der Waals surface area (Å²) in [5.41, 5.74) is 5.84. The molecule has 21 heavy (non-hydrogen) atoms. The normalized spacial score (nSPS) is 22.6. The maximum absolute atomic E-state index is 6.08. The molecular weight excluding hydrogens is 258 g/mol. The van der Waals surface area contributed by atoms with E-state index < -0.39 is 0 Å². The summed E-state index contributed by atoms with van der Waals surface area (Å²) in [6.07, 6.45) is 19.6. The molecule has 0 aliphatic heterocycles. The van der Waals surface area contributed by atoms with Crippen molar-refractivity contribution in [2.75, 3.05) is 13.2 Å². The molecule has 0 aromatic rings. The summed E-state index contributed by atoms with van der Waals surface area (Å²) in [4.78, 5) is 0. The van der Waals surface area contributed by atoms with E-state index in [1.54, 1.807) is 0 Å². The first-order valence-corrected chi connectivity index (χ1v) is 9.70. The van der Waals surface area contributed by atoms with Gasteiger partial charge in [-0.05, 0) is 31.7 Å². The lowest BCUT2D eigenvalue weighted by Gasteiger charge is -2.30. The van der Waals surface area contributed by atoms with Gasteiger partial charge in [0, 0.05) is 6.61 Å². The fourth-order valence-corrected chi connectivity index (χ4v) is 3.49. The molecule has 2 N–H and O–H groups in total. The quantitative estimate of drug-likeness (QED) is 0.459. The summed E-state index contributed by atoms with van der Waals surface area (Å²) in [7, 11) is 0. The lowest BCUT2D eigenvalue weighted by Crippen LogP contribution is -2.33. The van der Waals surface area contributed by atoms with E-state index in [0.29, 0.717) is 12.0 Å². The average Bonchev–Trinajstić information content (AvgIpc) is 2.53. The number of ether oxygens (including phenoxy) is 1. The smallest absolute Gasteiger partial charge is 0.0615 e. The van der Waals surface area contributed by atoms with Crippen LogP contribution in [0.15, 0.2) is 0 Å². The highest BCUT2D eigenvalue weighted by Gasteiger charge is 2.24. The van der Waals surface area contributed by atoms with Crippen LogP contribution in [-0.2, 0) is 4.74 Å². The number of unbranched alkanes of at least 4 members (excludes halogenated alkanes) is 9. The minimum absolute atomic E-state index is 0.460. The SMILES string of the molecule is CCCCCCCCCCCCOC1CCCCC1CN. The van der Waals surface area contributed by atoms with Gasteiger partial charge in [-0.15, -0.1) is 0 Å². The fraction of sp³-hybridized carbons (Fsp3) is 1.00. The molecule has 0 amide bonds. The summed E-state index contributed by atoms with van der Waals surface area (Å²) in [5.74, 6) is 0.627. The van der Waals surface area contributed by atoms with E-state index in [2.05, 4.69) is 6.92 Å². The molecule has 2 unspecified atom stereocenters. The molecule has 0 aromatic carbocycles. The van der Waals surface area contributed by atoms with E-state index in [-0.39, 0.29) is 0 Å². The van der Waals surface area contributed by atoms with Crippen molar-refractivity contribution in [2.24, 2.45) is 11.7 Å². The van der Waals surface area contributed by atoms with E-state index in [4.69, 9.17) is 10.5 Å². The summed E-state index contributed by atoms with van der Waals surface area (Å²) in [6.45, 7) is 4.05. The van der Waals surface area contributed by atoms with Crippen molar-refractivity contribution in [3.63, 3.8) is 0 Å². The van der Waals surface area contributed by atoms with E-state index >= 15 is 0 Å². The van der Waals surface area contributed by atoms with E-state index in [9.17, 15) is 0 Å². The van der Waals surface area contributed by atoms with Crippen LogP contribution >= 0.6 is 0 Å². The van der Waals surface area contributed by atoms with Gasteiger partial charge in [-0.3, -0.25) is 0 Å². The molecule has 126 valence electrons. The first-order chi connectivity index (χ1) is 10.4. The third-order valence-corrected chi connectivity index (χ3v) is 4.97. The Kier molecular flexibility index (Phi) is 12.3. The summed E-state index contributed by atoms with van der Waals surface area (Å²) >= 11 is 0. The van der Waals surface area contributed by atoms with Crippen molar-refractivity contribution in [2.45, 2.75) is 103 Å². The summed E-state index contributed by atoms with van der Waals surface area (Å²) < 4.78 is 6.08. The van der Waals surface area contributed by atoms with Crippen molar-refractivity contribution < 1.29 is 4.74 Å². The highest BCUT2D eigenvalue weighted by atomic mass is 16.5. The molecule has 1 saturated carbocycles. The minimum atomic E-state index is 0.460. The van der Waals surface area contributed by atoms with Gasteiger partial charge in [0.25, 0.3) is 0 Å². The van der Waals surface area contributed by atoms with E-state index in [0.717, 1.165) is 13.2 Å². The molecular formula is C19H39NO. The summed E-state index contributed by atoms with van der Waals surface area (Å²) in [6, 6.07) is 0. The second-order valence-electron chi connectivity index (χ2n) is 6.87. The highest BCUT2D eigenvalue weighted by Crippen LogP contribution is 2.26. The van der Waals surface area contributed by atoms with Gasteiger partial charge >= 0.3 is 0 Å². The van der Waals surface area contributed by atoms with Crippen LogP contribution in [0.2, 0.25) is 0 Å². The van der Waals surface area contributed by atoms with Crippen molar-refractivity contribution >= 4 is 0 Å². The number of hydrogen-bond acceptors (Lipinski definition) is 2. The minimum Gasteiger partial charge on any atom is -0.378 e. The Balaban J connectivity index is 1.83. The highest BCUT2D eigenvalue weighted by molar-refractivity contribution is 4.76. The van der Waals surface area contributed by atoms with Gasteiger partial charge in [-0.1, -0.05) is 77.6 Å². The van der Waals surface area contributed by atoms with Crippen molar-refractivity contribution in [1.82, 2.24) is 0 Å². The van der Waals surface area contributed by atoms with Crippen LogP contribution in [-0.4, -0.2) is 19.3 Å². The predicted octanol–water partition coefficient (Wildman–Crippen LogP) is 5.44. The molecule has 0 heterocycles. The van der Waals surface area contributed by atoms with Gasteiger partial charge in [-0.2, -0.15) is 0 Å². The van der Waals surface area contributed by atoms with Gasteiger partial charge in [0.15, 0.2) is 0 Å². The monoisotopic (exact) mass is 297 g/mol. The largest absolute Gasteiger partial charge is 0.378 e. The Morgan fingerprint density at radius 2 is 1.38 bits per heavy atom. The first kappa shape index (κ1) is 19.0. The van der Waals surface area contributed by atoms with E-state index in [1.165, 1.54) is 89.9 Å². The molecule has 2 atom stereocenters. The van der Waals surface area contributed by atoms with Gasteiger partial charge in [0.05, 0.1) is 6.10 Å². The Morgan fingerprint density at radius 3 is 2.00 bits per heavy atom. The molecule has 2 heteroatoms. The molecule has 1 fully saturated rings. The van der Waals surface area contributed by atoms with E-state index in [1.807, 2.05) is 0 Å². The van der Waals surface area contributed by atoms with Crippen LogP contribution in [0.5, 0.6) is 0 Å². The third kappa shape index (κ3) is 9.52. The Morgan fingerprint density at radius 1 is 0.810 bits per heavy atom. The fourth-order valence-electron chi connectivity index (χ4n) is 3.49. The molecule has 0 spiro atoms.